The minimum Gasteiger partial charge on any atom is -0.486 e. The van der Waals surface area contributed by atoms with Gasteiger partial charge >= 0.3 is 11.8 Å². The van der Waals surface area contributed by atoms with Gasteiger partial charge in [-0.1, -0.05) is 4.49 Å². The van der Waals surface area contributed by atoms with Gasteiger partial charge in [-0.3, -0.25) is 14.4 Å². The van der Waals surface area contributed by atoms with Gasteiger partial charge in [-0.2, -0.15) is 0 Å². The van der Waals surface area contributed by atoms with E-state index in [9.17, 15) is 14.4 Å². The normalized spacial score (nSPS) is 16.0. The van der Waals surface area contributed by atoms with Gasteiger partial charge in [0.2, 0.25) is 0 Å². The summed E-state index contributed by atoms with van der Waals surface area (Å²) in [6.07, 6.45) is 1.50. The lowest BCUT2D eigenvalue weighted by molar-refractivity contribution is -0.136. The van der Waals surface area contributed by atoms with Gasteiger partial charge in [0, 0.05) is 31.4 Å². The number of hydrogen-bond donors (Lipinski definition) is 2. The largest absolute Gasteiger partial charge is 0.486 e. The summed E-state index contributed by atoms with van der Waals surface area (Å²) in [5, 5.41) is 9.15. The molecule has 11 heteroatoms. The summed E-state index contributed by atoms with van der Waals surface area (Å²) in [5.41, 5.74) is 1.11. The van der Waals surface area contributed by atoms with Crippen LogP contribution in [0.5, 0.6) is 11.5 Å². The van der Waals surface area contributed by atoms with Crippen LogP contribution in [0.2, 0.25) is 0 Å². The number of nitrogens with zero attached hydrogens (tertiary/aromatic N) is 3. The molecule has 1 saturated heterocycles. The Hall–Kier alpha value is -3.21. The van der Waals surface area contributed by atoms with Gasteiger partial charge in [-0.05, 0) is 49.3 Å². The molecule has 0 unspecified atom stereocenters. The summed E-state index contributed by atoms with van der Waals surface area (Å²) in [7, 11) is 0. The number of piperidine rings is 1. The Morgan fingerprint density at radius 2 is 1.87 bits per heavy atom. The highest BCUT2D eigenvalue weighted by Crippen LogP contribution is 2.32. The molecule has 3 heterocycles. The molecule has 164 valence electrons. The Morgan fingerprint density at radius 3 is 2.58 bits per heavy atom. The summed E-state index contributed by atoms with van der Waals surface area (Å²) < 4.78 is 14.7. The van der Waals surface area contributed by atoms with E-state index in [1.54, 1.807) is 30.0 Å². The molecule has 0 aliphatic carbocycles. The van der Waals surface area contributed by atoms with Crippen LogP contribution in [0.1, 0.15) is 28.2 Å². The molecule has 0 spiro atoms. The van der Waals surface area contributed by atoms with Crippen molar-refractivity contribution in [1.82, 2.24) is 19.8 Å². The molecular weight excluding hydrogens is 422 g/mol. The number of aryl methyl sites for hydroxylation is 1. The maximum atomic E-state index is 12.5. The lowest BCUT2D eigenvalue weighted by Crippen LogP contribution is -2.43. The lowest BCUT2D eigenvalue weighted by atomic mass is 9.96. The highest BCUT2D eigenvalue weighted by atomic mass is 32.1. The third kappa shape index (κ3) is 4.93. The van der Waals surface area contributed by atoms with Gasteiger partial charge in [0.25, 0.3) is 5.91 Å². The van der Waals surface area contributed by atoms with Crippen molar-refractivity contribution in [3.8, 4) is 11.5 Å². The second-order valence-corrected chi connectivity index (χ2v) is 8.20. The van der Waals surface area contributed by atoms with E-state index in [-0.39, 0.29) is 11.8 Å². The van der Waals surface area contributed by atoms with E-state index in [2.05, 4.69) is 20.2 Å². The molecule has 3 amide bonds. The number of amides is 3. The number of hydrogen-bond acceptors (Lipinski definition) is 8. The first-order chi connectivity index (χ1) is 15.0. The van der Waals surface area contributed by atoms with E-state index in [0.717, 1.165) is 24.4 Å². The highest BCUT2D eigenvalue weighted by Gasteiger charge is 2.27. The summed E-state index contributed by atoms with van der Waals surface area (Å²) >= 11 is 1.11. The van der Waals surface area contributed by atoms with Gasteiger partial charge in [-0.15, -0.1) is 5.10 Å². The molecule has 0 atom stereocenters. The van der Waals surface area contributed by atoms with Gasteiger partial charge in [0.1, 0.15) is 18.1 Å². The third-order valence-electron chi connectivity index (χ3n) is 5.31. The number of fused-ring (bicyclic) bond motifs is 1. The van der Waals surface area contributed by atoms with Crippen molar-refractivity contribution in [1.29, 1.82) is 0 Å². The summed E-state index contributed by atoms with van der Waals surface area (Å²) in [6, 6.07) is 4.99. The van der Waals surface area contributed by atoms with Crippen molar-refractivity contribution in [2.75, 3.05) is 38.2 Å². The summed E-state index contributed by atoms with van der Waals surface area (Å²) in [4.78, 5) is 39.3. The fourth-order valence-corrected chi connectivity index (χ4v) is 4.16. The second kappa shape index (κ2) is 9.29. The molecule has 2 N–H and O–H groups in total. The van der Waals surface area contributed by atoms with Crippen LogP contribution in [0, 0.1) is 12.8 Å². The molecule has 1 fully saturated rings. The molecule has 10 nitrogen and oxygen atoms in total. The van der Waals surface area contributed by atoms with Crippen molar-refractivity contribution in [3.05, 3.63) is 28.8 Å². The molecule has 1 aromatic heterocycles. The molecule has 0 bridgehead atoms. The zero-order chi connectivity index (χ0) is 21.8. The van der Waals surface area contributed by atoms with Gasteiger partial charge in [0.05, 0.1) is 5.69 Å². The van der Waals surface area contributed by atoms with Crippen molar-refractivity contribution >= 4 is 34.9 Å². The van der Waals surface area contributed by atoms with E-state index < -0.39 is 11.8 Å². The van der Waals surface area contributed by atoms with Crippen molar-refractivity contribution < 1.29 is 23.9 Å². The topological polar surface area (TPSA) is 123 Å². The Labute approximate surface area is 183 Å². The van der Waals surface area contributed by atoms with Crippen LogP contribution in [0.3, 0.4) is 0 Å². The van der Waals surface area contributed by atoms with Gasteiger partial charge in [0.15, 0.2) is 11.5 Å². The van der Waals surface area contributed by atoms with Crippen LogP contribution in [-0.2, 0) is 9.59 Å². The predicted molar refractivity (Wildman–Crippen MR) is 112 cm³/mol. The van der Waals surface area contributed by atoms with E-state index in [1.807, 2.05) is 0 Å². The minimum atomic E-state index is -0.738. The fraction of sp³-hybridized carbons (Fsp3) is 0.450. The molecule has 0 saturated carbocycles. The number of rotatable bonds is 4. The van der Waals surface area contributed by atoms with Crippen LogP contribution in [0.25, 0.3) is 0 Å². The van der Waals surface area contributed by atoms with Crippen LogP contribution < -0.4 is 20.1 Å². The quantitative estimate of drug-likeness (QED) is 0.679. The first kappa shape index (κ1) is 21.0. The number of ether oxygens (including phenoxy) is 2. The van der Waals surface area contributed by atoms with E-state index >= 15 is 0 Å². The third-order valence-corrected chi connectivity index (χ3v) is 6.12. The van der Waals surface area contributed by atoms with Crippen molar-refractivity contribution in [3.63, 3.8) is 0 Å². The number of carbonyl (C=O) groups is 3. The molecule has 4 rings (SSSR count). The second-order valence-electron chi connectivity index (χ2n) is 7.45. The predicted octanol–water partition coefficient (Wildman–Crippen LogP) is 1.22. The SMILES string of the molecule is Cc1nnsc1C(=O)N1CCC(CNC(=O)C(=O)Nc2ccc3c(c2)OCCO3)CC1. The standard InChI is InChI=1S/C20H23N5O5S/c1-12-17(31-24-23-12)20(28)25-6-4-13(5-7-25)11-21-18(26)19(27)22-14-2-3-15-16(10-14)30-9-8-29-15/h2-3,10,13H,4-9,11H2,1H3,(H,21,26)(H,22,27). The number of carbonyl (C=O) groups excluding carboxylic acids is 3. The van der Waals surface area contributed by atoms with Crippen molar-refractivity contribution in [2.45, 2.75) is 19.8 Å². The van der Waals surface area contributed by atoms with Crippen LogP contribution in [0.15, 0.2) is 18.2 Å². The molecule has 31 heavy (non-hydrogen) atoms. The Morgan fingerprint density at radius 1 is 1.13 bits per heavy atom. The van der Waals surface area contributed by atoms with Crippen molar-refractivity contribution in [2.24, 2.45) is 5.92 Å². The van der Waals surface area contributed by atoms with E-state index in [1.165, 1.54) is 0 Å². The highest BCUT2D eigenvalue weighted by molar-refractivity contribution is 7.07. The van der Waals surface area contributed by atoms with Gasteiger partial charge in [-0.25, -0.2) is 0 Å². The maximum absolute atomic E-state index is 12.5. The maximum Gasteiger partial charge on any atom is 0.313 e. The average Bonchev–Trinajstić information content (AvgIpc) is 3.23. The molecule has 2 aliphatic heterocycles. The Kier molecular flexibility index (Phi) is 6.31. The molecule has 2 aromatic rings. The Bertz CT molecular complexity index is 986. The summed E-state index contributed by atoms with van der Waals surface area (Å²) in [6.45, 7) is 4.28. The smallest absolute Gasteiger partial charge is 0.313 e. The monoisotopic (exact) mass is 445 g/mol. The van der Waals surface area contributed by atoms with Crippen LogP contribution in [0.4, 0.5) is 5.69 Å². The van der Waals surface area contributed by atoms with E-state index in [0.29, 0.717) is 60.6 Å². The number of aromatic nitrogens is 2. The lowest BCUT2D eigenvalue weighted by Gasteiger charge is -2.31. The fourth-order valence-electron chi connectivity index (χ4n) is 3.54. The van der Waals surface area contributed by atoms with E-state index in [4.69, 9.17) is 9.47 Å². The molecule has 2 aliphatic rings. The number of likely N-dealkylation sites (tertiary alicyclic amines) is 1. The molecule has 0 radical (unpaired) electrons. The van der Waals surface area contributed by atoms with Crippen LogP contribution >= 0.6 is 11.5 Å². The number of nitrogens with one attached hydrogen (secondary N) is 2. The molecular formula is C20H23N5O5S. The van der Waals surface area contributed by atoms with Crippen LogP contribution in [-0.4, -0.2) is 65.1 Å². The minimum absolute atomic E-state index is 0.0474. The first-order valence-corrected chi connectivity index (χ1v) is 10.9. The number of benzene rings is 1. The first-order valence-electron chi connectivity index (χ1n) is 10.1. The summed E-state index contributed by atoms with van der Waals surface area (Å²) in [5.74, 6) is -0.128. The zero-order valence-electron chi connectivity index (χ0n) is 17.1. The Balaban J connectivity index is 1.22. The zero-order valence-corrected chi connectivity index (χ0v) is 17.9. The van der Waals surface area contributed by atoms with Gasteiger partial charge < -0.3 is 25.0 Å². The number of anilines is 1. The average molecular weight is 446 g/mol. The molecule has 1 aromatic carbocycles.